The van der Waals surface area contributed by atoms with E-state index in [2.05, 4.69) is 13.8 Å². The first-order valence-corrected chi connectivity index (χ1v) is 6.24. The molecule has 0 spiro atoms. The highest BCUT2D eigenvalue weighted by Crippen LogP contribution is 2.18. The SMILES string of the molecule is CCCCC(CC)CC(=O)C(CC)OC. The number of carbonyl (C=O) groups excluding carboxylic acids is 1. The van der Waals surface area contributed by atoms with E-state index in [4.69, 9.17) is 4.74 Å². The summed E-state index contributed by atoms with van der Waals surface area (Å²) < 4.78 is 5.16. The lowest BCUT2D eigenvalue weighted by molar-refractivity contribution is -0.130. The van der Waals surface area contributed by atoms with Crippen molar-refractivity contribution in [3.63, 3.8) is 0 Å². The normalized spacial score (nSPS) is 14.9. The van der Waals surface area contributed by atoms with E-state index >= 15 is 0 Å². The molecule has 0 aromatic carbocycles. The number of methoxy groups -OCH3 is 1. The van der Waals surface area contributed by atoms with Crippen LogP contribution in [0.3, 0.4) is 0 Å². The van der Waals surface area contributed by atoms with Crippen molar-refractivity contribution in [3.05, 3.63) is 0 Å². The Balaban J connectivity index is 3.98. The van der Waals surface area contributed by atoms with Crippen molar-refractivity contribution < 1.29 is 9.53 Å². The van der Waals surface area contributed by atoms with Gasteiger partial charge in [-0.3, -0.25) is 4.79 Å². The Kier molecular flexibility index (Phi) is 8.68. The molecular weight excluding hydrogens is 188 g/mol. The predicted octanol–water partition coefficient (Wildman–Crippen LogP) is 3.59. The number of unbranched alkanes of at least 4 members (excludes halogenated alkanes) is 1. The van der Waals surface area contributed by atoms with Crippen LogP contribution < -0.4 is 0 Å². The van der Waals surface area contributed by atoms with Crippen molar-refractivity contribution in [3.8, 4) is 0 Å². The molecule has 2 atom stereocenters. The van der Waals surface area contributed by atoms with Crippen molar-refractivity contribution in [2.24, 2.45) is 5.92 Å². The third kappa shape index (κ3) is 5.93. The Morgan fingerprint density at radius 1 is 1.20 bits per heavy atom. The van der Waals surface area contributed by atoms with Crippen LogP contribution >= 0.6 is 0 Å². The molecule has 0 fully saturated rings. The molecule has 0 heterocycles. The largest absolute Gasteiger partial charge is 0.374 e. The van der Waals surface area contributed by atoms with Gasteiger partial charge in [-0.05, 0) is 12.3 Å². The first kappa shape index (κ1) is 14.6. The van der Waals surface area contributed by atoms with Gasteiger partial charge in [-0.1, -0.05) is 46.5 Å². The molecule has 0 aliphatic heterocycles. The second kappa shape index (κ2) is 8.90. The van der Waals surface area contributed by atoms with Crippen LogP contribution in [-0.4, -0.2) is 19.0 Å². The second-order valence-corrected chi connectivity index (χ2v) is 4.22. The van der Waals surface area contributed by atoms with Crippen LogP contribution in [0.1, 0.15) is 59.3 Å². The molecule has 2 nitrogen and oxygen atoms in total. The van der Waals surface area contributed by atoms with Crippen molar-refractivity contribution in [1.29, 1.82) is 0 Å². The van der Waals surface area contributed by atoms with Gasteiger partial charge in [0.05, 0.1) is 0 Å². The molecule has 0 aliphatic rings. The molecule has 2 heteroatoms. The van der Waals surface area contributed by atoms with Gasteiger partial charge in [0.1, 0.15) is 6.10 Å². The molecule has 0 bridgehead atoms. The maximum atomic E-state index is 11.8. The molecule has 0 radical (unpaired) electrons. The number of carbonyl (C=O) groups is 1. The third-order valence-corrected chi connectivity index (χ3v) is 3.05. The highest BCUT2D eigenvalue weighted by Gasteiger charge is 2.19. The van der Waals surface area contributed by atoms with Gasteiger partial charge in [-0.25, -0.2) is 0 Å². The Labute approximate surface area is 94.4 Å². The van der Waals surface area contributed by atoms with E-state index in [0.29, 0.717) is 12.3 Å². The molecule has 15 heavy (non-hydrogen) atoms. The third-order valence-electron chi connectivity index (χ3n) is 3.05. The average Bonchev–Trinajstić information content (AvgIpc) is 2.25. The Morgan fingerprint density at radius 2 is 1.87 bits per heavy atom. The van der Waals surface area contributed by atoms with Gasteiger partial charge in [0.2, 0.25) is 0 Å². The van der Waals surface area contributed by atoms with Crippen LogP contribution in [-0.2, 0) is 9.53 Å². The monoisotopic (exact) mass is 214 g/mol. The van der Waals surface area contributed by atoms with Crippen LogP contribution in [0.5, 0.6) is 0 Å². The summed E-state index contributed by atoms with van der Waals surface area (Å²) in [5.74, 6) is 0.838. The van der Waals surface area contributed by atoms with E-state index in [1.165, 1.54) is 19.3 Å². The molecule has 0 rings (SSSR count). The number of Topliss-reactive ketones (excluding diaryl/α,β-unsaturated/α-hetero) is 1. The fourth-order valence-corrected chi connectivity index (χ4v) is 1.89. The standard InChI is InChI=1S/C13H26O2/c1-5-8-9-11(6-2)10-12(14)13(7-3)15-4/h11,13H,5-10H2,1-4H3. The lowest BCUT2D eigenvalue weighted by atomic mass is 9.92. The fourth-order valence-electron chi connectivity index (χ4n) is 1.89. The smallest absolute Gasteiger partial charge is 0.161 e. The summed E-state index contributed by atoms with van der Waals surface area (Å²) in [6, 6.07) is 0. The minimum Gasteiger partial charge on any atom is -0.374 e. The Bertz CT molecular complexity index is 162. The molecule has 0 saturated carbocycles. The molecule has 0 N–H and O–H groups in total. The van der Waals surface area contributed by atoms with Crippen molar-refractivity contribution >= 4 is 5.78 Å². The number of ether oxygens (including phenoxy) is 1. The van der Waals surface area contributed by atoms with Gasteiger partial charge in [0, 0.05) is 13.5 Å². The minimum atomic E-state index is -0.180. The molecule has 0 aromatic rings. The summed E-state index contributed by atoms with van der Waals surface area (Å²) in [6.07, 6.45) is 6.04. The maximum absolute atomic E-state index is 11.8. The van der Waals surface area contributed by atoms with Gasteiger partial charge >= 0.3 is 0 Å². The average molecular weight is 214 g/mol. The minimum absolute atomic E-state index is 0.180. The summed E-state index contributed by atoms with van der Waals surface area (Å²) in [5.41, 5.74) is 0. The number of ketones is 1. The Morgan fingerprint density at radius 3 is 2.27 bits per heavy atom. The van der Waals surface area contributed by atoms with Crippen LogP contribution in [0.25, 0.3) is 0 Å². The van der Waals surface area contributed by atoms with Crippen LogP contribution in [0.15, 0.2) is 0 Å². The molecule has 0 amide bonds. The van der Waals surface area contributed by atoms with E-state index < -0.39 is 0 Å². The van der Waals surface area contributed by atoms with E-state index in [9.17, 15) is 4.79 Å². The van der Waals surface area contributed by atoms with Crippen LogP contribution in [0.4, 0.5) is 0 Å². The van der Waals surface area contributed by atoms with E-state index in [1.807, 2.05) is 6.92 Å². The zero-order valence-electron chi connectivity index (χ0n) is 10.7. The van der Waals surface area contributed by atoms with Gasteiger partial charge < -0.3 is 4.74 Å². The van der Waals surface area contributed by atoms with Gasteiger partial charge in [0.25, 0.3) is 0 Å². The van der Waals surface area contributed by atoms with Gasteiger partial charge in [-0.2, -0.15) is 0 Å². The molecule has 90 valence electrons. The first-order chi connectivity index (χ1) is 7.19. The lowest BCUT2D eigenvalue weighted by Gasteiger charge is -2.17. The first-order valence-electron chi connectivity index (χ1n) is 6.24. The summed E-state index contributed by atoms with van der Waals surface area (Å²) in [5, 5.41) is 0. The fraction of sp³-hybridized carbons (Fsp3) is 0.923. The van der Waals surface area contributed by atoms with E-state index in [-0.39, 0.29) is 11.9 Å². The zero-order valence-corrected chi connectivity index (χ0v) is 10.7. The van der Waals surface area contributed by atoms with E-state index in [1.54, 1.807) is 7.11 Å². The summed E-state index contributed by atoms with van der Waals surface area (Å²) in [7, 11) is 1.62. The number of hydrogen-bond acceptors (Lipinski definition) is 2. The molecule has 0 saturated heterocycles. The van der Waals surface area contributed by atoms with Crippen molar-refractivity contribution in [1.82, 2.24) is 0 Å². The maximum Gasteiger partial charge on any atom is 0.161 e. The summed E-state index contributed by atoms with van der Waals surface area (Å²) in [6.45, 7) is 6.36. The lowest BCUT2D eigenvalue weighted by Crippen LogP contribution is -2.24. The molecule has 0 aliphatic carbocycles. The zero-order chi connectivity index (χ0) is 11.7. The molecule has 2 unspecified atom stereocenters. The predicted molar refractivity (Wildman–Crippen MR) is 64.0 cm³/mol. The van der Waals surface area contributed by atoms with E-state index in [0.717, 1.165) is 12.8 Å². The number of rotatable bonds is 9. The second-order valence-electron chi connectivity index (χ2n) is 4.22. The molecular formula is C13H26O2. The Hall–Kier alpha value is -0.370. The van der Waals surface area contributed by atoms with Crippen molar-refractivity contribution in [2.45, 2.75) is 65.4 Å². The highest BCUT2D eigenvalue weighted by atomic mass is 16.5. The van der Waals surface area contributed by atoms with Crippen LogP contribution in [0.2, 0.25) is 0 Å². The van der Waals surface area contributed by atoms with Gasteiger partial charge in [0.15, 0.2) is 5.78 Å². The molecule has 0 aromatic heterocycles. The van der Waals surface area contributed by atoms with Crippen molar-refractivity contribution in [2.75, 3.05) is 7.11 Å². The summed E-state index contributed by atoms with van der Waals surface area (Å²) >= 11 is 0. The highest BCUT2D eigenvalue weighted by molar-refractivity contribution is 5.83. The summed E-state index contributed by atoms with van der Waals surface area (Å²) in [4.78, 5) is 11.8. The quantitative estimate of drug-likeness (QED) is 0.586. The number of hydrogen-bond donors (Lipinski definition) is 0. The van der Waals surface area contributed by atoms with Gasteiger partial charge in [-0.15, -0.1) is 0 Å². The topological polar surface area (TPSA) is 26.3 Å². The van der Waals surface area contributed by atoms with Crippen LogP contribution in [0, 0.1) is 5.92 Å².